The Kier molecular flexibility index (Phi) is 3.97. The van der Waals surface area contributed by atoms with Crippen molar-refractivity contribution in [1.82, 2.24) is 9.97 Å². The third-order valence-corrected chi connectivity index (χ3v) is 2.93. The molecule has 110 valence electrons. The highest BCUT2D eigenvalue weighted by atomic mass is 19.1. The minimum atomic E-state index is -0.590. The van der Waals surface area contributed by atoms with Crippen molar-refractivity contribution in [2.45, 2.75) is 13.8 Å². The number of hydrogen-bond acceptors (Lipinski definition) is 6. The zero-order valence-corrected chi connectivity index (χ0v) is 11.8. The van der Waals surface area contributed by atoms with Gasteiger partial charge in [-0.2, -0.15) is 4.98 Å². The second kappa shape index (κ2) is 5.70. The summed E-state index contributed by atoms with van der Waals surface area (Å²) in [6.45, 7) is 3.20. The molecule has 2 aromatic rings. The molecule has 0 aliphatic carbocycles. The molecule has 0 atom stereocenters. The van der Waals surface area contributed by atoms with Crippen molar-refractivity contribution in [3.05, 3.63) is 45.4 Å². The maximum absolute atomic E-state index is 13.9. The van der Waals surface area contributed by atoms with Crippen LogP contribution >= 0.6 is 0 Å². The predicted octanol–water partition coefficient (Wildman–Crippen LogP) is 2.93. The van der Waals surface area contributed by atoms with Crippen LogP contribution in [0.1, 0.15) is 11.3 Å². The van der Waals surface area contributed by atoms with Crippen molar-refractivity contribution < 1.29 is 9.31 Å². The molecule has 0 radical (unpaired) electrons. The fourth-order valence-electron chi connectivity index (χ4n) is 1.89. The summed E-state index contributed by atoms with van der Waals surface area (Å²) in [5.41, 5.74) is 0.680. The zero-order valence-electron chi connectivity index (χ0n) is 11.8. The number of hydrogen-bond donors (Lipinski definition) is 2. The Bertz CT molecular complexity index is 685. The number of nitro groups is 1. The normalized spacial score (nSPS) is 10.3. The third-order valence-electron chi connectivity index (χ3n) is 2.93. The van der Waals surface area contributed by atoms with E-state index in [1.807, 2.05) is 0 Å². The molecule has 0 aliphatic rings. The van der Waals surface area contributed by atoms with E-state index in [1.165, 1.54) is 13.0 Å². The zero-order chi connectivity index (χ0) is 15.6. The Labute approximate surface area is 120 Å². The van der Waals surface area contributed by atoms with E-state index in [9.17, 15) is 14.5 Å². The van der Waals surface area contributed by atoms with E-state index >= 15 is 0 Å². The smallest absolute Gasteiger partial charge is 0.332 e. The van der Waals surface area contributed by atoms with E-state index in [2.05, 4.69) is 20.6 Å². The predicted molar refractivity (Wildman–Crippen MR) is 77.4 cm³/mol. The van der Waals surface area contributed by atoms with Gasteiger partial charge in [-0.3, -0.25) is 10.1 Å². The van der Waals surface area contributed by atoms with Gasteiger partial charge in [0.15, 0.2) is 0 Å². The van der Waals surface area contributed by atoms with Gasteiger partial charge in [0.1, 0.15) is 11.5 Å². The maximum atomic E-state index is 13.9. The van der Waals surface area contributed by atoms with Crippen molar-refractivity contribution >= 4 is 23.1 Å². The van der Waals surface area contributed by atoms with Crippen LogP contribution in [0.5, 0.6) is 0 Å². The summed E-state index contributed by atoms with van der Waals surface area (Å²) in [6.07, 6.45) is 0. The molecule has 0 unspecified atom stereocenters. The third kappa shape index (κ3) is 2.88. The first-order chi connectivity index (χ1) is 9.93. The quantitative estimate of drug-likeness (QED) is 0.664. The number of aromatic nitrogens is 2. The van der Waals surface area contributed by atoms with Gasteiger partial charge in [0.05, 0.1) is 10.6 Å². The van der Waals surface area contributed by atoms with E-state index in [0.29, 0.717) is 5.56 Å². The highest BCUT2D eigenvalue weighted by Crippen LogP contribution is 2.31. The minimum Gasteiger partial charge on any atom is -0.357 e. The van der Waals surface area contributed by atoms with Crippen molar-refractivity contribution in [2.75, 3.05) is 17.7 Å². The average molecular weight is 291 g/mol. The highest BCUT2D eigenvalue weighted by Gasteiger charge is 2.23. The molecule has 1 aromatic heterocycles. The lowest BCUT2D eigenvalue weighted by Gasteiger charge is -2.12. The Morgan fingerprint density at radius 2 is 2.00 bits per heavy atom. The van der Waals surface area contributed by atoms with Gasteiger partial charge in [0.2, 0.25) is 11.8 Å². The fraction of sp³-hybridized carbons (Fsp3) is 0.231. The first kappa shape index (κ1) is 14.6. The number of anilines is 3. The van der Waals surface area contributed by atoms with Gasteiger partial charge in [0.25, 0.3) is 0 Å². The molecule has 0 bridgehead atoms. The molecule has 2 N–H and O–H groups in total. The van der Waals surface area contributed by atoms with Crippen molar-refractivity contribution in [1.29, 1.82) is 0 Å². The number of para-hydroxylation sites is 1. The summed E-state index contributed by atoms with van der Waals surface area (Å²) in [5, 5.41) is 16.6. The molecular weight excluding hydrogens is 277 g/mol. The SMILES string of the molecule is CNc1nc(C)c([N+](=O)[O-])c(Nc2c(C)cccc2F)n1. The van der Waals surface area contributed by atoms with Crippen molar-refractivity contribution in [3.63, 3.8) is 0 Å². The Morgan fingerprint density at radius 3 is 2.57 bits per heavy atom. The summed E-state index contributed by atoms with van der Waals surface area (Å²) >= 11 is 0. The van der Waals surface area contributed by atoms with Crippen molar-refractivity contribution in [3.8, 4) is 0 Å². The number of nitrogens with zero attached hydrogens (tertiary/aromatic N) is 3. The van der Waals surface area contributed by atoms with E-state index in [-0.39, 0.29) is 28.8 Å². The van der Waals surface area contributed by atoms with Gasteiger partial charge < -0.3 is 10.6 Å². The van der Waals surface area contributed by atoms with E-state index in [4.69, 9.17) is 0 Å². The second-order valence-electron chi connectivity index (χ2n) is 4.39. The van der Waals surface area contributed by atoms with E-state index in [1.54, 1.807) is 26.1 Å². The lowest BCUT2D eigenvalue weighted by molar-refractivity contribution is -0.385. The van der Waals surface area contributed by atoms with Crippen LogP contribution < -0.4 is 10.6 Å². The highest BCUT2D eigenvalue weighted by molar-refractivity contribution is 5.70. The van der Waals surface area contributed by atoms with Gasteiger partial charge in [0, 0.05) is 7.05 Å². The van der Waals surface area contributed by atoms with Crippen LogP contribution in [-0.4, -0.2) is 21.9 Å². The minimum absolute atomic E-state index is 0.0509. The number of halogens is 1. The maximum Gasteiger partial charge on any atom is 0.332 e. The van der Waals surface area contributed by atoms with Gasteiger partial charge in [-0.1, -0.05) is 12.1 Å². The Hall–Kier alpha value is -2.77. The topological polar surface area (TPSA) is 93.0 Å². The first-order valence-electron chi connectivity index (χ1n) is 6.17. The standard InChI is InChI=1S/C13H14FN5O2/c1-7-5-4-6-9(14)10(7)17-12-11(19(20)21)8(2)16-13(15-3)18-12/h4-6H,1-3H3,(H2,15,16,17,18). The molecule has 1 heterocycles. The van der Waals surface area contributed by atoms with Crippen LogP contribution in [0, 0.1) is 29.8 Å². The molecule has 0 aliphatic heterocycles. The van der Waals surface area contributed by atoms with Gasteiger partial charge in [-0.25, -0.2) is 9.37 Å². The van der Waals surface area contributed by atoms with Gasteiger partial charge >= 0.3 is 5.69 Å². The lowest BCUT2D eigenvalue weighted by atomic mass is 10.2. The Balaban J connectivity index is 2.57. The number of rotatable bonds is 4. The van der Waals surface area contributed by atoms with E-state index in [0.717, 1.165) is 0 Å². The molecule has 21 heavy (non-hydrogen) atoms. The number of aryl methyl sites for hydroxylation is 2. The summed E-state index contributed by atoms with van der Waals surface area (Å²) in [7, 11) is 1.60. The van der Waals surface area contributed by atoms with Crippen LogP contribution in [0.4, 0.5) is 27.5 Å². The van der Waals surface area contributed by atoms with Gasteiger partial charge in [-0.15, -0.1) is 0 Å². The molecular formula is C13H14FN5O2. The number of benzene rings is 1. The second-order valence-corrected chi connectivity index (χ2v) is 4.39. The first-order valence-corrected chi connectivity index (χ1v) is 6.17. The molecule has 0 saturated carbocycles. The molecule has 8 heteroatoms. The van der Waals surface area contributed by atoms with Crippen LogP contribution in [0.15, 0.2) is 18.2 Å². The van der Waals surface area contributed by atoms with Crippen LogP contribution in [0.3, 0.4) is 0 Å². The van der Waals surface area contributed by atoms with Crippen LogP contribution in [-0.2, 0) is 0 Å². The average Bonchev–Trinajstić information content (AvgIpc) is 2.42. The molecule has 0 amide bonds. The van der Waals surface area contributed by atoms with E-state index < -0.39 is 10.7 Å². The lowest BCUT2D eigenvalue weighted by Crippen LogP contribution is -2.08. The molecule has 0 fully saturated rings. The summed E-state index contributed by atoms with van der Waals surface area (Å²) in [4.78, 5) is 18.6. The summed E-state index contributed by atoms with van der Waals surface area (Å²) in [5.74, 6) is -0.341. The fourth-order valence-corrected chi connectivity index (χ4v) is 1.89. The van der Waals surface area contributed by atoms with Gasteiger partial charge in [-0.05, 0) is 25.5 Å². The Morgan fingerprint density at radius 1 is 1.29 bits per heavy atom. The van der Waals surface area contributed by atoms with Crippen LogP contribution in [0.25, 0.3) is 0 Å². The molecule has 0 saturated heterocycles. The molecule has 1 aromatic carbocycles. The largest absolute Gasteiger partial charge is 0.357 e. The molecule has 0 spiro atoms. The monoisotopic (exact) mass is 291 g/mol. The number of nitrogens with one attached hydrogen (secondary N) is 2. The van der Waals surface area contributed by atoms with Crippen molar-refractivity contribution in [2.24, 2.45) is 0 Å². The summed E-state index contributed by atoms with van der Waals surface area (Å²) in [6, 6.07) is 4.53. The molecule has 2 rings (SSSR count). The molecule has 7 nitrogen and oxygen atoms in total. The van der Waals surface area contributed by atoms with Crippen LogP contribution in [0.2, 0.25) is 0 Å². The summed E-state index contributed by atoms with van der Waals surface area (Å²) < 4.78 is 13.9.